The van der Waals surface area contributed by atoms with Gasteiger partial charge < -0.3 is 5.73 Å². The molecule has 0 atom stereocenters. The van der Waals surface area contributed by atoms with Gasteiger partial charge in [-0.3, -0.25) is 4.90 Å². The van der Waals surface area contributed by atoms with Crippen molar-refractivity contribution < 1.29 is 0 Å². The molecule has 0 fully saturated rings. The SMILES string of the molecule is Cc1ccc(CN(C)CN)c(C)c1C. The molecule has 0 aliphatic rings. The highest BCUT2D eigenvalue weighted by Gasteiger charge is 2.05. The predicted octanol–water partition coefficient (Wildman–Crippen LogP) is 1.96. The fraction of sp³-hybridized carbons (Fsp3) is 0.500. The van der Waals surface area contributed by atoms with Gasteiger partial charge in [-0.1, -0.05) is 12.1 Å². The van der Waals surface area contributed by atoms with Crippen molar-refractivity contribution in [2.45, 2.75) is 27.3 Å². The van der Waals surface area contributed by atoms with Crippen LogP contribution in [0.1, 0.15) is 22.3 Å². The van der Waals surface area contributed by atoms with Crippen LogP contribution in [0.3, 0.4) is 0 Å². The van der Waals surface area contributed by atoms with Crippen LogP contribution in [0, 0.1) is 20.8 Å². The maximum atomic E-state index is 5.56. The molecule has 0 aromatic heterocycles. The number of aryl methyl sites for hydroxylation is 1. The molecule has 78 valence electrons. The van der Waals surface area contributed by atoms with Crippen LogP contribution in [-0.4, -0.2) is 18.6 Å². The highest BCUT2D eigenvalue weighted by molar-refractivity contribution is 5.38. The first-order chi connectivity index (χ1) is 6.56. The van der Waals surface area contributed by atoms with Crippen molar-refractivity contribution in [2.24, 2.45) is 5.73 Å². The molecule has 0 heterocycles. The van der Waals surface area contributed by atoms with Gasteiger partial charge in [-0.15, -0.1) is 0 Å². The third-order valence-corrected chi connectivity index (χ3v) is 2.92. The molecule has 0 saturated carbocycles. The zero-order valence-corrected chi connectivity index (χ0v) is 9.59. The average Bonchev–Trinajstić information content (AvgIpc) is 2.19. The quantitative estimate of drug-likeness (QED) is 0.742. The summed E-state index contributed by atoms with van der Waals surface area (Å²) in [6.07, 6.45) is 0. The van der Waals surface area contributed by atoms with Crippen LogP contribution in [0.2, 0.25) is 0 Å². The van der Waals surface area contributed by atoms with Crippen LogP contribution >= 0.6 is 0 Å². The molecule has 0 spiro atoms. The minimum absolute atomic E-state index is 0.604. The lowest BCUT2D eigenvalue weighted by atomic mass is 9.99. The van der Waals surface area contributed by atoms with Gasteiger partial charge in [0.1, 0.15) is 0 Å². The Balaban J connectivity index is 2.94. The van der Waals surface area contributed by atoms with Gasteiger partial charge in [-0.25, -0.2) is 0 Å². The normalized spacial score (nSPS) is 11.0. The Hall–Kier alpha value is -0.860. The molecule has 0 radical (unpaired) electrons. The summed E-state index contributed by atoms with van der Waals surface area (Å²) in [7, 11) is 2.04. The summed E-state index contributed by atoms with van der Waals surface area (Å²) in [6, 6.07) is 4.38. The van der Waals surface area contributed by atoms with Gasteiger partial charge in [-0.2, -0.15) is 0 Å². The van der Waals surface area contributed by atoms with E-state index >= 15 is 0 Å². The molecular formula is C12H20N2. The van der Waals surface area contributed by atoms with Crippen LogP contribution < -0.4 is 5.73 Å². The molecule has 0 unspecified atom stereocenters. The monoisotopic (exact) mass is 192 g/mol. The van der Waals surface area contributed by atoms with E-state index in [2.05, 4.69) is 37.8 Å². The van der Waals surface area contributed by atoms with Crippen molar-refractivity contribution in [3.63, 3.8) is 0 Å². The number of nitrogens with zero attached hydrogens (tertiary/aromatic N) is 1. The van der Waals surface area contributed by atoms with Gasteiger partial charge >= 0.3 is 0 Å². The number of hydrogen-bond donors (Lipinski definition) is 1. The minimum atomic E-state index is 0.604. The Morgan fingerprint density at radius 2 is 1.79 bits per heavy atom. The lowest BCUT2D eigenvalue weighted by Gasteiger charge is -2.17. The first-order valence-corrected chi connectivity index (χ1v) is 5.00. The Morgan fingerprint density at radius 3 is 2.36 bits per heavy atom. The van der Waals surface area contributed by atoms with Crippen LogP contribution in [0.25, 0.3) is 0 Å². The zero-order chi connectivity index (χ0) is 10.7. The Labute approximate surface area is 86.7 Å². The summed E-state index contributed by atoms with van der Waals surface area (Å²) in [5.41, 5.74) is 11.1. The van der Waals surface area contributed by atoms with E-state index < -0.39 is 0 Å². The fourth-order valence-electron chi connectivity index (χ4n) is 1.54. The van der Waals surface area contributed by atoms with E-state index in [1.54, 1.807) is 0 Å². The van der Waals surface area contributed by atoms with E-state index in [1.165, 1.54) is 22.3 Å². The Morgan fingerprint density at radius 1 is 1.14 bits per heavy atom. The van der Waals surface area contributed by atoms with Crippen molar-refractivity contribution in [3.05, 3.63) is 34.4 Å². The summed E-state index contributed by atoms with van der Waals surface area (Å²) in [5, 5.41) is 0. The van der Waals surface area contributed by atoms with Crippen LogP contribution in [0.4, 0.5) is 0 Å². The molecular weight excluding hydrogens is 172 g/mol. The van der Waals surface area contributed by atoms with Crippen LogP contribution in [0.5, 0.6) is 0 Å². The van der Waals surface area contributed by atoms with Crippen molar-refractivity contribution in [3.8, 4) is 0 Å². The molecule has 0 aliphatic carbocycles. The summed E-state index contributed by atoms with van der Waals surface area (Å²) in [5.74, 6) is 0. The van der Waals surface area contributed by atoms with Crippen molar-refractivity contribution in [2.75, 3.05) is 13.7 Å². The lowest BCUT2D eigenvalue weighted by molar-refractivity contribution is 0.336. The van der Waals surface area contributed by atoms with Crippen molar-refractivity contribution >= 4 is 0 Å². The van der Waals surface area contributed by atoms with Gasteiger partial charge in [0.05, 0.1) is 0 Å². The van der Waals surface area contributed by atoms with Gasteiger partial charge in [-0.05, 0) is 50.1 Å². The van der Waals surface area contributed by atoms with Gasteiger partial charge in [0, 0.05) is 13.2 Å². The Bertz CT molecular complexity index is 318. The smallest absolute Gasteiger partial charge is 0.0455 e. The largest absolute Gasteiger partial charge is 0.318 e. The molecule has 2 N–H and O–H groups in total. The van der Waals surface area contributed by atoms with Crippen LogP contribution in [0.15, 0.2) is 12.1 Å². The number of hydrogen-bond acceptors (Lipinski definition) is 2. The minimum Gasteiger partial charge on any atom is -0.318 e. The molecule has 0 amide bonds. The number of rotatable bonds is 3. The topological polar surface area (TPSA) is 29.3 Å². The molecule has 0 bridgehead atoms. The van der Waals surface area contributed by atoms with Gasteiger partial charge in [0.15, 0.2) is 0 Å². The summed E-state index contributed by atoms with van der Waals surface area (Å²) in [4.78, 5) is 2.11. The zero-order valence-electron chi connectivity index (χ0n) is 9.59. The second-order valence-corrected chi connectivity index (χ2v) is 3.99. The maximum absolute atomic E-state index is 5.56. The van der Waals surface area contributed by atoms with E-state index in [9.17, 15) is 0 Å². The summed E-state index contributed by atoms with van der Waals surface area (Å²) >= 11 is 0. The summed E-state index contributed by atoms with van der Waals surface area (Å²) < 4.78 is 0. The summed E-state index contributed by atoms with van der Waals surface area (Å²) in [6.45, 7) is 8.05. The van der Waals surface area contributed by atoms with Crippen molar-refractivity contribution in [1.29, 1.82) is 0 Å². The second kappa shape index (κ2) is 4.58. The van der Waals surface area contributed by atoms with E-state index in [4.69, 9.17) is 5.73 Å². The van der Waals surface area contributed by atoms with E-state index in [1.807, 2.05) is 7.05 Å². The molecule has 14 heavy (non-hydrogen) atoms. The second-order valence-electron chi connectivity index (χ2n) is 3.99. The molecule has 2 nitrogen and oxygen atoms in total. The van der Waals surface area contributed by atoms with Crippen molar-refractivity contribution in [1.82, 2.24) is 4.90 Å². The van der Waals surface area contributed by atoms with Gasteiger partial charge in [0.2, 0.25) is 0 Å². The highest BCUT2D eigenvalue weighted by Crippen LogP contribution is 2.17. The molecule has 0 saturated heterocycles. The van der Waals surface area contributed by atoms with E-state index in [0.29, 0.717) is 6.67 Å². The van der Waals surface area contributed by atoms with Gasteiger partial charge in [0.25, 0.3) is 0 Å². The fourth-order valence-corrected chi connectivity index (χ4v) is 1.54. The molecule has 1 aromatic carbocycles. The third kappa shape index (κ3) is 2.34. The first kappa shape index (κ1) is 11.2. The number of nitrogens with two attached hydrogens (primary N) is 1. The lowest BCUT2D eigenvalue weighted by Crippen LogP contribution is -2.25. The molecule has 1 rings (SSSR count). The van der Waals surface area contributed by atoms with E-state index in [0.717, 1.165) is 6.54 Å². The Kier molecular flexibility index (Phi) is 3.67. The molecule has 2 heteroatoms. The predicted molar refractivity (Wildman–Crippen MR) is 61.2 cm³/mol. The molecule has 1 aromatic rings. The van der Waals surface area contributed by atoms with E-state index in [-0.39, 0.29) is 0 Å². The third-order valence-electron chi connectivity index (χ3n) is 2.92. The average molecular weight is 192 g/mol. The number of benzene rings is 1. The molecule has 0 aliphatic heterocycles. The standard InChI is InChI=1S/C12H20N2/c1-9-5-6-12(7-14(4)8-13)11(3)10(9)2/h5-6H,7-8,13H2,1-4H3. The first-order valence-electron chi connectivity index (χ1n) is 5.00. The van der Waals surface area contributed by atoms with Crippen LogP contribution in [-0.2, 0) is 6.54 Å². The highest BCUT2D eigenvalue weighted by atomic mass is 15.1. The maximum Gasteiger partial charge on any atom is 0.0455 e.